The van der Waals surface area contributed by atoms with Crippen molar-refractivity contribution in [1.29, 1.82) is 0 Å². The lowest BCUT2D eigenvalue weighted by Crippen LogP contribution is -2.36. The molecule has 1 aromatic heterocycles. The lowest BCUT2D eigenvalue weighted by molar-refractivity contribution is -0.131. The second-order valence-corrected chi connectivity index (χ2v) is 3.62. The van der Waals surface area contributed by atoms with Crippen LogP contribution in [-0.2, 0) is 17.8 Å². The topological polar surface area (TPSA) is 72.1 Å². The fraction of sp³-hybridized carbons (Fsp3) is 0.500. The molecule has 2 N–H and O–H groups in total. The molecule has 1 aliphatic heterocycles. The molecule has 0 atom stereocenters. The number of carbonyl (C=O) groups is 1. The minimum atomic E-state index is 0.165. The lowest BCUT2D eigenvalue weighted by Gasteiger charge is -2.27. The average Bonchev–Trinajstić information content (AvgIpc) is 2.27. The van der Waals surface area contributed by atoms with Crippen LogP contribution in [0.15, 0.2) is 6.20 Å². The van der Waals surface area contributed by atoms with Gasteiger partial charge >= 0.3 is 0 Å². The molecule has 0 aromatic carbocycles. The summed E-state index contributed by atoms with van der Waals surface area (Å²) >= 11 is 0. The summed E-state index contributed by atoms with van der Waals surface area (Å²) in [5, 5.41) is 0. The zero-order chi connectivity index (χ0) is 10.8. The molecular weight excluding hydrogens is 192 g/mol. The Morgan fingerprint density at radius 1 is 1.67 bits per heavy atom. The van der Waals surface area contributed by atoms with Gasteiger partial charge in [-0.15, -0.1) is 0 Å². The molecule has 2 heterocycles. The van der Waals surface area contributed by atoms with Crippen LogP contribution in [0, 0.1) is 0 Å². The Bertz CT molecular complexity index is 391. The smallest absolute Gasteiger partial charge is 0.222 e. The molecule has 1 aliphatic rings. The van der Waals surface area contributed by atoms with E-state index in [4.69, 9.17) is 5.73 Å². The first-order valence-electron chi connectivity index (χ1n) is 5.08. The van der Waals surface area contributed by atoms with Crippen LogP contribution in [0.4, 0.5) is 5.95 Å². The van der Waals surface area contributed by atoms with E-state index in [-0.39, 0.29) is 11.9 Å². The number of nitrogens with two attached hydrogens (primary N) is 1. The second-order valence-electron chi connectivity index (χ2n) is 3.62. The summed E-state index contributed by atoms with van der Waals surface area (Å²) in [7, 11) is 0. The predicted octanol–water partition coefficient (Wildman–Crippen LogP) is 0.354. The van der Waals surface area contributed by atoms with Crippen molar-refractivity contribution in [3.63, 3.8) is 0 Å². The number of rotatable bonds is 1. The van der Waals surface area contributed by atoms with Crippen LogP contribution < -0.4 is 5.73 Å². The summed E-state index contributed by atoms with van der Waals surface area (Å²) in [6, 6.07) is 0. The van der Waals surface area contributed by atoms with Gasteiger partial charge in [-0.05, 0) is 12.0 Å². The molecule has 80 valence electrons. The van der Waals surface area contributed by atoms with E-state index >= 15 is 0 Å². The van der Waals surface area contributed by atoms with Crippen LogP contribution in [0.2, 0.25) is 0 Å². The molecule has 0 radical (unpaired) electrons. The highest BCUT2D eigenvalue weighted by molar-refractivity contribution is 5.76. The summed E-state index contributed by atoms with van der Waals surface area (Å²) in [6.45, 7) is 3.19. The van der Waals surface area contributed by atoms with Gasteiger partial charge in [-0.3, -0.25) is 4.79 Å². The van der Waals surface area contributed by atoms with Gasteiger partial charge in [0.25, 0.3) is 0 Å². The van der Waals surface area contributed by atoms with Crippen LogP contribution in [0.3, 0.4) is 0 Å². The summed E-state index contributed by atoms with van der Waals surface area (Å²) in [4.78, 5) is 21.4. The predicted molar refractivity (Wildman–Crippen MR) is 55.9 cm³/mol. The lowest BCUT2D eigenvalue weighted by atomic mass is 10.1. The first-order valence-corrected chi connectivity index (χ1v) is 5.08. The van der Waals surface area contributed by atoms with Crippen LogP contribution in [-0.4, -0.2) is 27.3 Å². The van der Waals surface area contributed by atoms with E-state index in [9.17, 15) is 4.79 Å². The number of nitrogen functional groups attached to an aromatic ring is 1. The summed E-state index contributed by atoms with van der Waals surface area (Å²) < 4.78 is 0. The number of anilines is 1. The zero-order valence-corrected chi connectivity index (χ0v) is 8.73. The molecule has 0 aliphatic carbocycles. The Hall–Kier alpha value is -1.65. The number of carbonyl (C=O) groups excluding carboxylic acids is 1. The Balaban J connectivity index is 2.22. The van der Waals surface area contributed by atoms with Gasteiger partial charge in [0.1, 0.15) is 0 Å². The Morgan fingerprint density at radius 3 is 3.20 bits per heavy atom. The Morgan fingerprint density at radius 2 is 2.47 bits per heavy atom. The highest BCUT2D eigenvalue weighted by atomic mass is 16.2. The molecule has 0 fully saturated rings. The van der Waals surface area contributed by atoms with Crippen molar-refractivity contribution in [1.82, 2.24) is 14.9 Å². The normalized spacial score (nSPS) is 14.9. The van der Waals surface area contributed by atoms with Crippen molar-refractivity contribution < 1.29 is 4.79 Å². The van der Waals surface area contributed by atoms with Gasteiger partial charge < -0.3 is 10.6 Å². The average molecular weight is 206 g/mol. The number of fused-ring (bicyclic) bond motifs is 1. The number of aromatic nitrogens is 2. The van der Waals surface area contributed by atoms with E-state index in [1.807, 2.05) is 11.8 Å². The third-order valence-electron chi connectivity index (χ3n) is 2.62. The van der Waals surface area contributed by atoms with E-state index in [0.717, 1.165) is 24.2 Å². The van der Waals surface area contributed by atoms with Gasteiger partial charge in [-0.25, -0.2) is 9.97 Å². The highest BCUT2D eigenvalue weighted by Crippen LogP contribution is 2.17. The summed E-state index contributed by atoms with van der Waals surface area (Å²) in [6.07, 6.45) is 3.11. The summed E-state index contributed by atoms with van der Waals surface area (Å²) in [5.74, 6) is 0.442. The number of hydrogen-bond acceptors (Lipinski definition) is 4. The third kappa shape index (κ3) is 1.91. The highest BCUT2D eigenvalue weighted by Gasteiger charge is 2.20. The molecule has 0 saturated heterocycles. The SMILES string of the molecule is CCC(=O)N1CCc2cnc(N)nc2C1. The van der Waals surface area contributed by atoms with Gasteiger partial charge in [0.15, 0.2) is 0 Å². The van der Waals surface area contributed by atoms with E-state index in [0.29, 0.717) is 13.0 Å². The van der Waals surface area contributed by atoms with Gasteiger partial charge in [0.05, 0.1) is 12.2 Å². The fourth-order valence-electron chi connectivity index (χ4n) is 1.75. The number of amides is 1. The molecule has 0 saturated carbocycles. The van der Waals surface area contributed by atoms with Crippen molar-refractivity contribution in [2.75, 3.05) is 12.3 Å². The van der Waals surface area contributed by atoms with E-state index < -0.39 is 0 Å². The van der Waals surface area contributed by atoms with Crippen LogP contribution in [0.1, 0.15) is 24.6 Å². The maximum Gasteiger partial charge on any atom is 0.222 e. The van der Waals surface area contributed by atoms with Gasteiger partial charge in [0.2, 0.25) is 11.9 Å². The second kappa shape index (κ2) is 3.84. The standard InChI is InChI=1S/C10H14N4O/c1-2-9(15)14-4-3-7-5-12-10(11)13-8(7)6-14/h5H,2-4,6H2,1H3,(H2,11,12,13). The maximum absolute atomic E-state index is 11.5. The molecule has 5 heteroatoms. The zero-order valence-electron chi connectivity index (χ0n) is 8.73. The largest absolute Gasteiger partial charge is 0.368 e. The fourth-order valence-corrected chi connectivity index (χ4v) is 1.75. The van der Waals surface area contributed by atoms with Gasteiger partial charge in [0, 0.05) is 19.2 Å². The Labute approximate surface area is 88.3 Å². The molecule has 2 rings (SSSR count). The molecule has 5 nitrogen and oxygen atoms in total. The van der Waals surface area contributed by atoms with Gasteiger partial charge in [-0.2, -0.15) is 0 Å². The number of hydrogen-bond donors (Lipinski definition) is 1. The molecule has 0 unspecified atom stereocenters. The van der Waals surface area contributed by atoms with E-state index in [1.165, 1.54) is 0 Å². The molecular formula is C10H14N4O. The quantitative estimate of drug-likeness (QED) is 0.719. The van der Waals surface area contributed by atoms with Crippen LogP contribution in [0.25, 0.3) is 0 Å². The van der Waals surface area contributed by atoms with Crippen molar-refractivity contribution >= 4 is 11.9 Å². The first kappa shape index (κ1) is 9.89. The number of nitrogens with zero attached hydrogens (tertiary/aromatic N) is 3. The minimum absolute atomic E-state index is 0.165. The van der Waals surface area contributed by atoms with Crippen molar-refractivity contribution in [2.45, 2.75) is 26.3 Å². The van der Waals surface area contributed by atoms with Gasteiger partial charge in [-0.1, -0.05) is 6.92 Å². The minimum Gasteiger partial charge on any atom is -0.368 e. The van der Waals surface area contributed by atoms with E-state index in [1.54, 1.807) is 6.20 Å². The van der Waals surface area contributed by atoms with Crippen molar-refractivity contribution in [2.24, 2.45) is 0 Å². The van der Waals surface area contributed by atoms with Crippen molar-refractivity contribution in [3.8, 4) is 0 Å². The molecule has 15 heavy (non-hydrogen) atoms. The first-order chi connectivity index (χ1) is 7.20. The van der Waals surface area contributed by atoms with Crippen molar-refractivity contribution in [3.05, 3.63) is 17.5 Å². The van der Waals surface area contributed by atoms with Crippen LogP contribution >= 0.6 is 0 Å². The maximum atomic E-state index is 11.5. The van der Waals surface area contributed by atoms with E-state index in [2.05, 4.69) is 9.97 Å². The molecule has 0 bridgehead atoms. The molecule has 0 spiro atoms. The summed E-state index contributed by atoms with van der Waals surface area (Å²) in [5.41, 5.74) is 7.50. The van der Waals surface area contributed by atoms with Crippen LogP contribution in [0.5, 0.6) is 0 Å². The molecule has 1 aromatic rings. The Kier molecular flexibility index (Phi) is 2.53. The monoisotopic (exact) mass is 206 g/mol. The third-order valence-corrected chi connectivity index (χ3v) is 2.62. The molecule has 1 amide bonds.